The van der Waals surface area contributed by atoms with Crippen molar-refractivity contribution in [2.24, 2.45) is 0 Å². The van der Waals surface area contributed by atoms with Crippen LogP contribution in [0.1, 0.15) is 17.0 Å². The van der Waals surface area contributed by atoms with Crippen molar-refractivity contribution in [3.63, 3.8) is 0 Å². The maximum Gasteiger partial charge on any atom is 0.237 e. The van der Waals surface area contributed by atoms with Gasteiger partial charge in [0, 0.05) is 11.6 Å². The number of anilines is 1. The summed E-state index contributed by atoms with van der Waals surface area (Å²) in [6.07, 6.45) is 0.895. The molecule has 3 heteroatoms. The summed E-state index contributed by atoms with van der Waals surface area (Å²) in [4.78, 5) is 12.2. The van der Waals surface area contributed by atoms with Crippen molar-refractivity contribution in [1.29, 1.82) is 0 Å². The van der Waals surface area contributed by atoms with Crippen LogP contribution in [0.5, 0.6) is 0 Å². The van der Waals surface area contributed by atoms with Gasteiger partial charge in [0.15, 0.2) is 0 Å². The third-order valence-electron chi connectivity index (χ3n) is 3.55. The molecule has 0 bridgehead atoms. The van der Waals surface area contributed by atoms with Gasteiger partial charge >= 0.3 is 0 Å². The van der Waals surface area contributed by atoms with Crippen molar-refractivity contribution in [3.8, 4) is 0 Å². The molecule has 0 aliphatic carbocycles. The Morgan fingerprint density at radius 2 is 1.68 bits per heavy atom. The van der Waals surface area contributed by atoms with Gasteiger partial charge < -0.3 is 5.32 Å². The molecule has 1 aliphatic heterocycles. The van der Waals surface area contributed by atoms with Crippen molar-refractivity contribution >= 4 is 34.2 Å². The van der Waals surface area contributed by atoms with Crippen LogP contribution in [0.15, 0.2) is 54.6 Å². The van der Waals surface area contributed by atoms with Crippen LogP contribution in [0.3, 0.4) is 0 Å². The van der Waals surface area contributed by atoms with Gasteiger partial charge in [-0.15, -0.1) is 0 Å². The number of hydrogen-bond donors (Lipinski definition) is 1. The molecular formula is C16H14INO. The van der Waals surface area contributed by atoms with Crippen molar-refractivity contribution in [2.45, 2.75) is 16.3 Å². The Morgan fingerprint density at radius 3 is 2.47 bits per heavy atom. The fourth-order valence-electron chi connectivity index (χ4n) is 2.53. The Labute approximate surface area is 126 Å². The molecule has 1 aliphatic rings. The zero-order chi connectivity index (χ0) is 13.2. The number of carbonyl (C=O) groups excluding carboxylic acids is 1. The minimum atomic E-state index is -0.0487. The van der Waals surface area contributed by atoms with E-state index >= 15 is 0 Å². The Balaban J connectivity index is 2.03. The molecule has 0 spiro atoms. The first kappa shape index (κ1) is 12.7. The fourth-order valence-corrected chi connectivity index (χ4v) is 3.36. The number of benzene rings is 2. The van der Waals surface area contributed by atoms with E-state index in [9.17, 15) is 4.79 Å². The largest absolute Gasteiger partial charge is 0.325 e. The molecule has 1 N–H and O–H groups in total. The molecule has 3 rings (SSSR count). The second-order valence-corrected chi connectivity index (χ2v) is 6.11. The molecule has 0 aromatic heterocycles. The number of nitrogens with one attached hydrogen (secondary N) is 1. The lowest BCUT2D eigenvalue weighted by Crippen LogP contribution is -2.26. The Kier molecular flexibility index (Phi) is 3.55. The lowest BCUT2D eigenvalue weighted by molar-refractivity contribution is -0.115. The molecule has 2 atom stereocenters. The van der Waals surface area contributed by atoms with Gasteiger partial charge in [-0.25, -0.2) is 0 Å². The van der Waals surface area contributed by atoms with Crippen LogP contribution in [-0.4, -0.2) is 9.83 Å². The fraction of sp³-hybridized carbons (Fsp3) is 0.188. The summed E-state index contributed by atoms with van der Waals surface area (Å²) in [5.74, 6) is 0.324. The summed E-state index contributed by atoms with van der Waals surface area (Å²) in [6, 6.07) is 18.4. The van der Waals surface area contributed by atoms with E-state index in [-0.39, 0.29) is 15.7 Å². The van der Waals surface area contributed by atoms with Crippen LogP contribution in [0.2, 0.25) is 0 Å². The minimum absolute atomic E-state index is 0.0487. The van der Waals surface area contributed by atoms with Gasteiger partial charge in [-0.05, 0) is 23.6 Å². The van der Waals surface area contributed by atoms with Crippen LogP contribution < -0.4 is 5.32 Å². The number of alkyl halides is 1. The lowest BCUT2D eigenvalue weighted by atomic mass is 9.90. The average molecular weight is 363 g/mol. The van der Waals surface area contributed by atoms with Gasteiger partial charge in [0.2, 0.25) is 5.91 Å². The first-order valence-electron chi connectivity index (χ1n) is 6.33. The summed E-state index contributed by atoms with van der Waals surface area (Å²) in [5, 5.41) is 3.03. The number of halogens is 1. The minimum Gasteiger partial charge on any atom is -0.325 e. The Bertz CT molecular complexity index is 597. The summed E-state index contributed by atoms with van der Waals surface area (Å²) < 4.78 is -0.0487. The van der Waals surface area contributed by atoms with Crippen LogP contribution in [0, 0.1) is 0 Å². The lowest BCUT2D eigenvalue weighted by Gasteiger charge is -2.19. The quantitative estimate of drug-likeness (QED) is 0.607. The van der Waals surface area contributed by atoms with E-state index in [4.69, 9.17) is 0 Å². The third-order valence-corrected chi connectivity index (χ3v) is 4.98. The SMILES string of the molecule is O=C1Nc2ccccc2CC(c2ccccc2)C1I. The first-order valence-corrected chi connectivity index (χ1v) is 7.58. The second-order valence-electron chi connectivity index (χ2n) is 4.77. The number of rotatable bonds is 1. The zero-order valence-corrected chi connectivity index (χ0v) is 12.5. The molecule has 2 aromatic rings. The zero-order valence-electron chi connectivity index (χ0n) is 10.3. The van der Waals surface area contributed by atoms with Gasteiger partial charge in [0.05, 0.1) is 3.92 Å². The molecule has 0 radical (unpaired) electrons. The highest BCUT2D eigenvalue weighted by Crippen LogP contribution is 2.35. The molecule has 0 fully saturated rings. The van der Waals surface area contributed by atoms with Crippen molar-refractivity contribution in [2.75, 3.05) is 5.32 Å². The third kappa shape index (κ3) is 2.52. The summed E-state index contributed by atoms with van der Waals surface area (Å²) >= 11 is 2.26. The van der Waals surface area contributed by atoms with Crippen LogP contribution in [0.4, 0.5) is 5.69 Å². The van der Waals surface area contributed by atoms with E-state index in [1.807, 2.05) is 36.4 Å². The normalized spacial score (nSPS) is 22.3. The van der Waals surface area contributed by atoms with Gasteiger partial charge in [0.25, 0.3) is 0 Å². The molecule has 2 aromatic carbocycles. The van der Waals surface area contributed by atoms with Crippen LogP contribution in [-0.2, 0) is 11.2 Å². The second kappa shape index (κ2) is 5.33. The number of para-hydroxylation sites is 1. The predicted molar refractivity (Wildman–Crippen MR) is 85.8 cm³/mol. The topological polar surface area (TPSA) is 29.1 Å². The highest BCUT2D eigenvalue weighted by Gasteiger charge is 2.31. The molecule has 2 unspecified atom stereocenters. The summed E-state index contributed by atoms with van der Waals surface area (Å²) in [5.41, 5.74) is 3.39. The molecule has 0 saturated carbocycles. The first-order chi connectivity index (χ1) is 9.25. The van der Waals surface area contributed by atoms with Gasteiger partial charge in [-0.2, -0.15) is 0 Å². The molecule has 19 heavy (non-hydrogen) atoms. The number of amides is 1. The number of carbonyl (C=O) groups is 1. The standard InChI is InChI=1S/C16H14INO/c17-15-13(11-6-2-1-3-7-11)10-12-8-4-5-9-14(12)18-16(15)19/h1-9,13,15H,10H2,(H,18,19). The van der Waals surface area contributed by atoms with Crippen molar-refractivity contribution < 1.29 is 4.79 Å². The number of fused-ring (bicyclic) bond motifs is 1. The maximum absolute atomic E-state index is 12.2. The van der Waals surface area contributed by atoms with Crippen LogP contribution >= 0.6 is 22.6 Å². The van der Waals surface area contributed by atoms with E-state index < -0.39 is 0 Å². The van der Waals surface area contributed by atoms with E-state index in [1.165, 1.54) is 11.1 Å². The summed E-state index contributed by atoms with van der Waals surface area (Å²) in [6.45, 7) is 0. The van der Waals surface area contributed by atoms with Crippen molar-refractivity contribution in [3.05, 3.63) is 65.7 Å². The molecule has 1 amide bonds. The van der Waals surface area contributed by atoms with Gasteiger partial charge in [-0.1, -0.05) is 71.1 Å². The van der Waals surface area contributed by atoms with Gasteiger partial charge in [-0.3, -0.25) is 4.79 Å². The number of hydrogen-bond acceptors (Lipinski definition) is 1. The molecular weight excluding hydrogens is 349 g/mol. The summed E-state index contributed by atoms with van der Waals surface area (Å²) in [7, 11) is 0. The van der Waals surface area contributed by atoms with Crippen LogP contribution in [0.25, 0.3) is 0 Å². The smallest absolute Gasteiger partial charge is 0.237 e. The molecule has 0 saturated heterocycles. The van der Waals surface area contributed by atoms with E-state index in [0.29, 0.717) is 0 Å². The van der Waals surface area contributed by atoms with E-state index in [1.54, 1.807) is 0 Å². The Hall–Kier alpha value is -1.36. The average Bonchev–Trinajstić information content (AvgIpc) is 2.58. The van der Waals surface area contributed by atoms with Gasteiger partial charge in [0.1, 0.15) is 0 Å². The highest BCUT2D eigenvalue weighted by molar-refractivity contribution is 14.1. The van der Waals surface area contributed by atoms with E-state index in [0.717, 1.165) is 12.1 Å². The molecule has 96 valence electrons. The van der Waals surface area contributed by atoms with Crippen molar-refractivity contribution in [1.82, 2.24) is 0 Å². The maximum atomic E-state index is 12.2. The predicted octanol–water partition coefficient (Wildman–Crippen LogP) is 3.77. The molecule has 1 heterocycles. The highest BCUT2D eigenvalue weighted by atomic mass is 127. The Morgan fingerprint density at radius 1 is 1.00 bits per heavy atom. The van der Waals surface area contributed by atoms with E-state index in [2.05, 4.69) is 46.1 Å². The monoisotopic (exact) mass is 363 g/mol. The molecule has 2 nitrogen and oxygen atoms in total.